The molecule has 2 aliphatic heterocycles. The largest absolute Gasteiger partial charge is 0.379 e. The van der Waals surface area contributed by atoms with Crippen molar-refractivity contribution in [3.8, 4) is 0 Å². The highest BCUT2D eigenvalue weighted by Crippen LogP contribution is 2.12. The summed E-state index contributed by atoms with van der Waals surface area (Å²) in [6, 6.07) is 0.865. The molecule has 2 saturated heterocycles. The second-order valence-corrected chi connectivity index (χ2v) is 5.45. The van der Waals surface area contributed by atoms with Crippen molar-refractivity contribution >= 4 is 5.91 Å². The summed E-state index contributed by atoms with van der Waals surface area (Å²) >= 11 is 0. The number of hydrogen-bond donors (Lipinski definition) is 1. The summed E-state index contributed by atoms with van der Waals surface area (Å²) in [6.45, 7) is 7.24. The normalized spacial score (nSPS) is 29.1. The van der Waals surface area contributed by atoms with Gasteiger partial charge in [0.2, 0.25) is 5.91 Å². The molecule has 0 aliphatic carbocycles. The first-order valence-electron chi connectivity index (χ1n) is 6.96. The number of hydrogen-bond acceptors (Lipinski definition) is 4. The van der Waals surface area contributed by atoms with Gasteiger partial charge in [0, 0.05) is 38.8 Å². The van der Waals surface area contributed by atoms with Crippen molar-refractivity contribution in [3.05, 3.63) is 0 Å². The van der Waals surface area contributed by atoms with Crippen molar-refractivity contribution in [2.45, 2.75) is 31.8 Å². The Morgan fingerprint density at radius 1 is 1.50 bits per heavy atom. The zero-order valence-corrected chi connectivity index (χ0v) is 11.5. The van der Waals surface area contributed by atoms with E-state index in [0.29, 0.717) is 18.6 Å². The van der Waals surface area contributed by atoms with Gasteiger partial charge in [0.05, 0.1) is 19.8 Å². The highest BCUT2D eigenvalue weighted by atomic mass is 16.5. The molecule has 5 nitrogen and oxygen atoms in total. The van der Waals surface area contributed by atoms with Crippen molar-refractivity contribution in [2.75, 3.05) is 46.4 Å². The molecule has 0 spiro atoms. The molecule has 1 N–H and O–H groups in total. The lowest BCUT2D eigenvalue weighted by molar-refractivity contribution is -0.130. The smallest absolute Gasteiger partial charge is 0.236 e. The Kier molecular flexibility index (Phi) is 4.97. The third-order valence-corrected chi connectivity index (χ3v) is 3.95. The molecule has 2 rings (SSSR count). The van der Waals surface area contributed by atoms with Gasteiger partial charge in [-0.2, -0.15) is 0 Å². The summed E-state index contributed by atoms with van der Waals surface area (Å²) in [4.78, 5) is 16.0. The molecule has 2 heterocycles. The topological polar surface area (TPSA) is 44.8 Å². The molecule has 2 atom stereocenters. The van der Waals surface area contributed by atoms with Gasteiger partial charge in [-0.15, -0.1) is 0 Å². The molecule has 2 unspecified atom stereocenters. The highest BCUT2D eigenvalue weighted by Gasteiger charge is 2.25. The van der Waals surface area contributed by atoms with Crippen LogP contribution < -0.4 is 5.32 Å². The summed E-state index contributed by atoms with van der Waals surface area (Å²) in [7, 11) is 1.90. The van der Waals surface area contributed by atoms with E-state index >= 15 is 0 Å². The maximum absolute atomic E-state index is 11.9. The van der Waals surface area contributed by atoms with Crippen LogP contribution in [0.25, 0.3) is 0 Å². The van der Waals surface area contributed by atoms with E-state index in [2.05, 4.69) is 17.1 Å². The maximum Gasteiger partial charge on any atom is 0.236 e. The second-order valence-electron chi connectivity index (χ2n) is 5.45. The van der Waals surface area contributed by atoms with Gasteiger partial charge in [0.25, 0.3) is 0 Å². The average Bonchev–Trinajstić information content (AvgIpc) is 2.53. The number of carbonyl (C=O) groups excluding carboxylic acids is 1. The molecule has 2 fully saturated rings. The van der Waals surface area contributed by atoms with Crippen LogP contribution in [0, 0.1) is 0 Å². The third kappa shape index (κ3) is 3.67. The van der Waals surface area contributed by atoms with E-state index in [0.717, 1.165) is 45.7 Å². The van der Waals surface area contributed by atoms with Crippen molar-refractivity contribution in [1.82, 2.24) is 15.1 Å². The molecule has 104 valence electrons. The number of nitrogens with one attached hydrogen (secondary N) is 1. The van der Waals surface area contributed by atoms with E-state index in [1.165, 1.54) is 0 Å². The molecule has 0 radical (unpaired) electrons. The SMILES string of the molecule is CC(CC1COCCN1)N1CCCN(C)C(=O)C1. The van der Waals surface area contributed by atoms with Gasteiger partial charge >= 0.3 is 0 Å². The van der Waals surface area contributed by atoms with Crippen LogP contribution in [0.4, 0.5) is 0 Å². The van der Waals surface area contributed by atoms with Gasteiger partial charge in [-0.05, 0) is 19.8 Å². The van der Waals surface area contributed by atoms with Crippen LogP contribution in [0.1, 0.15) is 19.8 Å². The van der Waals surface area contributed by atoms with Crippen LogP contribution >= 0.6 is 0 Å². The lowest BCUT2D eigenvalue weighted by Crippen LogP contribution is -2.47. The first kappa shape index (κ1) is 13.8. The Hall–Kier alpha value is -0.650. The highest BCUT2D eigenvalue weighted by molar-refractivity contribution is 5.78. The molecule has 2 aliphatic rings. The van der Waals surface area contributed by atoms with Crippen LogP contribution in [0.5, 0.6) is 0 Å². The number of ether oxygens (including phenoxy) is 1. The average molecular weight is 255 g/mol. The van der Waals surface area contributed by atoms with Gasteiger partial charge in [0.15, 0.2) is 0 Å². The fourth-order valence-corrected chi connectivity index (χ4v) is 2.72. The van der Waals surface area contributed by atoms with Gasteiger partial charge in [-0.3, -0.25) is 9.69 Å². The Balaban J connectivity index is 1.83. The van der Waals surface area contributed by atoms with Crippen molar-refractivity contribution in [3.63, 3.8) is 0 Å². The standard InChI is InChI=1S/C13H25N3O2/c1-11(8-12-10-18-7-4-14-12)16-6-3-5-15(2)13(17)9-16/h11-12,14H,3-10H2,1-2H3. The number of nitrogens with zero attached hydrogens (tertiary/aromatic N) is 2. The summed E-state index contributed by atoms with van der Waals surface area (Å²) in [5.41, 5.74) is 0. The maximum atomic E-state index is 11.9. The van der Waals surface area contributed by atoms with Crippen LogP contribution in [0.15, 0.2) is 0 Å². The van der Waals surface area contributed by atoms with Gasteiger partial charge in [-0.1, -0.05) is 0 Å². The third-order valence-electron chi connectivity index (χ3n) is 3.95. The molecule has 5 heteroatoms. The molecule has 0 aromatic rings. The van der Waals surface area contributed by atoms with Crippen LogP contribution in [0.3, 0.4) is 0 Å². The number of morpholine rings is 1. The molecule has 0 aromatic carbocycles. The van der Waals surface area contributed by atoms with Crippen molar-refractivity contribution in [2.24, 2.45) is 0 Å². The first-order valence-corrected chi connectivity index (χ1v) is 6.96. The Morgan fingerprint density at radius 3 is 3.06 bits per heavy atom. The molecule has 1 amide bonds. The molecule has 0 saturated carbocycles. The minimum absolute atomic E-state index is 0.243. The number of rotatable bonds is 3. The fraction of sp³-hybridized carbons (Fsp3) is 0.923. The van der Waals surface area contributed by atoms with E-state index in [1.807, 2.05) is 11.9 Å². The molecular formula is C13H25N3O2. The lowest BCUT2D eigenvalue weighted by atomic mass is 10.1. The summed E-state index contributed by atoms with van der Waals surface area (Å²) in [5, 5.41) is 3.48. The minimum Gasteiger partial charge on any atom is -0.379 e. The molecule has 0 aromatic heterocycles. The number of carbonyl (C=O) groups is 1. The Bertz CT molecular complexity index is 279. The quantitative estimate of drug-likeness (QED) is 0.766. The summed E-state index contributed by atoms with van der Waals surface area (Å²) < 4.78 is 5.48. The van der Waals surface area contributed by atoms with E-state index in [-0.39, 0.29) is 5.91 Å². The zero-order valence-electron chi connectivity index (χ0n) is 11.5. The van der Waals surface area contributed by atoms with Crippen molar-refractivity contribution < 1.29 is 9.53 Å². The second kappa shape index (κ2) is 6.50. The predicted octanol–water partition coefficient (Wildman–Crippen LogP) is -0.0825. The Morgan fingerprint density at radius 2 is 2.33 bits per heavy atom. The monoisotopic (exact) mass is 255 g/mol. The van der Waals surface area contributed by atoms with Gasteiger partial charge < -0.3 is 15.0 Å². The minimum atomic E-state index is 0.243. The molecular weight excluding hydrogens is 230 g/mol. The van der Waals surface area contributed by atoms with E-state index in [4.69, 9.17) is 4.74 Å². The Labute approximate surface area is 109 Å². The fourth-order valence-electron chi connectivity index (χ4n) is 2.72. The first-order chi connectivity index (χ1) is 8.66. The van der Waals surface area contributed by atoms with Crippen LogP contribution in [0.2, 0.25) is 0 Å². The molecule has 0 bridgehead atoms. The number of amides is 1. The van der Waals surface area contributed by atoms with Crippen molar-refractivity contribution in [1.29, 1.82) is 0 Å². The van der Waals surface area contributed by atoms with Crippen LogP contribution in [-0.2, 0) is 9.53 Å². The molecule has 18 heavy (non-hydrogen) atoms. The lowest BCUT2D eigenvalue weighted by Gasteiger charge is -2.32. The van der Waals surface area contributed by atoms with Crippen LogP contribution in [-0.4, -0.2) is 74.2 Å². The van der Waals surface area contributed by atoms with E-state index in [1.54, 1.807) is 0 Å². The van der Waals surface area contributed by atoms with E-state index < -0.39 is 0 Å². The van der Waals surface area contributed by atoms with E-state index in [9.17, 15) is 4.79 Å². The van der Waals surface area contributed by atoms with Gasteiger partial charge in [-0.25, -0.2) is 0 Å². The van der Waals surface area contributed by atoms with Gasteiger partial charge in [0.1, 0.15) is 0 Å². The zero-order chi connectivity index (χ0) is 13.0. The predicted molar refractivity (Wildman–Crippen MR) is 70.5 cm³/mol. The number of likely N-dealkylation sites (N-methyl/N-ethyl adjacent to an activating group) is 1. The summed E-state index contributed by atoms with van der Waals surface area (Å²) in [5.74, 6) is 0.243. The summed E-state index contributed by atoms with van der Waals surface area (Å²) in [6.07, 6.45) is 2.12.